The summed E-state index contributed by atoms with van der Waals surface area (Å²) >= 11 is 13.5. The lowest BCUT2D eigenvalue weighted by Gasteiger charge is -2.18. The molecule has 2 aromatic rings. The molecule has 5 nitrogen and oxygen atoms in total. The number of benzene rings is 2. The van der Waals surface area contributed by atoms with Gasteiger partial charge < -0.3 is 11.1 Å². The molecule has 2 aromatic carbocycles. The fourth-order valence-electron chi connectivity index (χ4n) is 2.30. The molecule has 0 aromatic heterocycles. The van der Waals surface area contributed by atoms with Gasteiger partial charge >= 0.3 is 0 Å². The van der Waals surface area contributed by atoms with Crippen LogP contribution in [0.1, 0.15) is 5.56 Å². The van der Waals surface area contributed by atoms with E-state index in [0.29, 0.717) is 22.3 Å². The maximum absolute atomic E-state index is 12.3. The number of rotatable bonds is 8. The summed E-state index contributed by atoms with van der Waals surface area (Å²) in [5.41, 5.74) is 6.68. The van der Waals surface area contributed by atoms with Crippen molar-refractivity contribution in [3.8, 4) is 0 Å². The van der Waals surface area contributed by atoms with E-state index in [2.05, 4.69) is 5.32 Å². The van der Waals surface area contributed by atoms with Gasteiger partial charge in [-0.2, -0.15) is 0 Å². The Morgan fingerprint density at radius 2 is 1.88 bits per heavy atom. The van der Waals surface area contributed by atoms with Crippen molar-refractivity contribution in [1.29, 1.82) is 0 Å². The molecule has 0 radical (unpaired) electrons. The second kappa shape index (κ2) is 9.83. The molecule has 0 saturated carbocycles. The molecule has 0 aliphatic rings. The molecule has 0 spiro atoms. The number of primary amides is 1. The first-order chi connectivity index (χ1) is 12.4. The van der Waals surface area contributed by atoms with Gasteiger partial charge in [0.1, 0.15) is 0 Å². The van der Waals surface area contributed by atoms with Crippen LogP contribution in [0.15, 0.2) is 47.4 Å². The average molecular weight is 412 g/mol. The maximum Gasteiger partial charge on any atom is 0.238 e. The maximum atomic E-state index is 12.3. The van der Waals surface area contributed by atoms with Crippen LogP contribution in [0.5, 0.6) is 0 Å². The van der Waals surface area contributed by atoms with Crippen molar-refractivity contribution in [2.75, 3.05) is 24.7 Å². The molecule has 2 rings (SSSR count). The van der Waals surface area contributed by atoms with Gasteiger partial charge in [-0.1, -0.05) is 47.5 Å². The van der Waals surface area contributed by atoms with Crippen molar-refractivity contribution in [3.63, 3.8) is 0 Å². The van der Waals surface area contributed by atoms with E-state index < -0.39 is 5.91 Å². The van der Waals surface area contributed by atoms with Crippen molar-refractivity contribution < 1.29 is 9.59 Å². The van der Waals surface area contributed by atoms with E-state index in [1.165, 1.54) is 11.8 Å². The number of anilines is 1. The Bertz CT molecular complexity index is 802. The zero-order chi connectivity index (χ0) is 19.1. The minimum absolute atomic E-state index is 0.153. The number of hydrogen-bond acceptors (Lipinski definition) is 4. The van der Waals surface area contributed by atoms with Gasteiger partial charge in [0.25, 0.3) is 0 Å². The van der Waals surface area contributed by atoms with Crippen LogP contribution < -0.4 is 11.1 Å². The van der Waals surface area contributed by atoms with Gasteiger partial charge in [-0.15, -0.1) is 11.8 Å². The third-order valence-electron chi connectivity index (χ3n) is 3.42. The number of amides is 2. The number of thioether (sulfide) groups is 1. The lowest BCUT2D eigenvalue weighted by atomic mass is 10.2. The molecule has 26 heavy (non-hydrogen) atoms. The highest BCUT2D eigenvalue weighted by Gasteiger charge is 2.12. The van der Waals surface area contributed by atoms with Gasteiger partial charge in [-0.05, 0) is 30.8 Å². The number of hydrogen-bond donors (Lipinski definition) is 2. The molecule has 2 amide bonds. The quantitative estimate of drug-likeness (QED) is 0.650. The van der Waals surface area contributed by atoms with Crippen molar-refractivity contribution in [3.05, 3.63) is 58.1 Å². The summed E-state index contributed by atoms with van der Waals surface area (Å²) in [6.07, 6.45) is 0. The number of nitrogens with two attached hydrogens (primary N) is 1. The number of nitrogens with zero attached hydrogens (tertiary/aromatic N) is 1. The lowest BCUT2D eigenvalue weighted by molar-refractivity contribution is -0.117. The molecular weight excluding hydrogens is 393 g/mol. The summed E-state index contributed by atoms with van der Waals surface area (Å²) in [4.78, 5) is 25.9. The monoisotopic (exact) mass is 411 g/mol. The van der Waals surface area contributed by atoms with E-state index in [0.717, 1.165) is 10.5 Å². The van der Waals surface area contributed by atoms with Crippen molar-refractivity contribution in [2.24, 2.45) is 5.73 Å². The number of carbonyl (C=O) groups is 2. The summed E-state index contributed by atoms with van der Waals surface area (Å²) in [5.74, 6) is -0.424. The highest BCUT2D eigenvalue weighted by Crippen LogP contribution is 2.27. The summed E-state index contributed by atoms with van der Waals surface area (Å²) in [5, 5.41) is 3.85. The van der Waals surface area contributed by atoms with Crippen LogP contribution in [0.2, 0.25) is 10.0 Å². The molecule has 0 aliphatic carbocycles. The first-order valence-corrected chi connectivity index (χ1v) is 9.52. The zero-order valence-corrected chi connectivity index (χ0v) is 16.5. The normalized spacial score (nSPS) is 10.8. The topological polar surface area (TPSA) is 75.4 Å². The Kier molecular flexibility index (Phi) is 7.78. The van der Waals surface area contributed by atoms with Gasteiger partial charge in [-0.25, -0.2) is 0 Å². The molecule has 0 fully saturated rings. The van der Waals surface area contributed by atoms with Crippen LogP contribution in [-0.2, 0) is 16.1 Å². The molecule has 0 bridgehead atoms. The molecular formula is C18H19Cl2N3O2S. The summed E-state index contributed by atoms with van der Waals surface area (Å²) < 4.78 is 0. The Labute approximate surface area is 166 Å². The molecule has 0 heterocycles. The predicted octanol–water partition coefficient (Wildman–Crippen LogP) is 3.64. The van der Waals surface area contributed by atoms with E-state index in [1.54, 1.807) is 12.1 Å². The Morgan fingerprint density at radius 1 is 1.15 bits per heavy atom. The van der Waals surface area contributed by atoms with Crippen LogP contribution >= 0.6 is 35.0 Å². The molecule has 0 saturated heterocycles. The number of carbonyl (C=O) groups excluding carboxylic acids is 2. The van der Waals surface area contributed by atoms with Gasteiger partial charge in [0.15, 0.2) is 0 Å². The fraction of sp³-hybridized carbons (Fsp3) is 0.222. The Balaban J connectivity index is 1.96. The van der Waals surface area contributed by atoms with Gasteiger partial charge in [-0.3, -0.25) is 14.5 Å². The molecule has 0 atom stereocenters. The van der Waals surface area contributed by atoms with E-state index in [4.69, 9.17) is 28.9 Å². The third-order valence-corrected chi connectivity index (χ3v) is 5.37. The standard InChI is InChI=1S/C18H19Cl2N3O2S/c1-23(9-12-5-4-6-13(19)18(12)20)10-17(25)22-14-7-2-3-8-15(14)26-11-16(21)24/h2-8H,9-11H2,1H3,(H2,21,24)(H,22,25). The van der Waals surface area contributed by atoms with Gasteiger partial charge in [0, 0.05) is 11.4 Å². The zero-order valence-electron chi connectivity index (χ0n) is 14.2. The van der Waals surface area contributed by atoms with Crippen molar-refractivity contribution >= 4 is 52.5 Å². The second-order valence-corrected chi connectivity index (χ2v) is 7.49. The smallest absolute Gasteiger partial charge is 0.238 e. The molecule has 0 aliphatic heterocycles. The first-order valence-electron chi connectivity index (χ1n) is 7.78. The lowest BCUT2D eigenvalue weighted by Crippen LogP contribution is -2.30. The van der Waals surface area contributed by atoms with Crippen LogP contribution in [0, 0.1) is 0 Å². The minimum atomic E-state index is -0.408. The third kappa shape index (κ3) is 6.21. The average Bonchev–Trinajstić information content (AvgIpc) is 2.58. The number of likely N-dealkylation sites (N-methyl/N-ethyl adjacent to an activating group) is 1. The highest BCUT2D eigenvalue weighted by atomic mass is 35.5. The van der Waals surface area contributed by atoms with Crippen molar-refractivity contribution in [2.45, 2.75) is 11.4 Å². The summed E-state index contributed by atoms with van der Waals surface area (Å²) in [6.45, 7) is 0.669. The van der Waals surface area contributed by atoms with Crippen molar-refractivity contribution in [1.82, 2.24) is 4.90 Å². The van der Waals surface area contributed by atoms with E-state index >= 15 is 0 Å². The number of halogens is 2. The Hall–Kier alpha value is -1.73. The fourth-order valence-corrected chi connectivity index (χ4v) is 3.42. The van der Waals surface area contributed by atoms with E-state index in [-0.39, 0.29) is 18.2 Å². The van der Waals surface area contributed by atoms with Crippen LogP contribution in [-0.4, -0.2) is 36.1 Å². The number of nitrogens with one attached hydrogen (secondary N) is 1. The molecule has 0 unspecified atom stereocenters. The molecule has 8 heteroatoms. The largest absolute Gasteiger partial charge is 0.369 e. The number of para-hydroxylation sites is 1. The summed E-state index contributed by atoms with van der Waals surface area (Å²) in [6, 6.07) is 12.7. The predicted molar refractivity (Wildman–Crippen MR) is 108 cm³/mol. The molecule has 138 valence electrons. The van der Waals surface area contributed by atoms with Crippen LogP contribution in [0.3, 0.4) is 0 Å². The van der Waals surface area contributed by atoms with Gasteiger partial charge in [0.2, 0.25) is 11.8 Å². The Morgan fingerprint density at radius 3 is 2.62 bits per heavy atom. The van der Waals surface area contributed by atoms with Gasteiger partial charge in [0.05, 0.1) is 28.0 Å². The van der Waals surface area contributed by atoms with Crippen LogP contribution in [0.25, 0.3) is 0 Å². The minimum Gasteiger partial charge on any atom is -0.369 e. The van der Waals surface area contributed by atoms with Crippen LogP contribution in [0.4, 0.5) is 5.69 Å². The first kappa shape index (κ1) is 20.6. The molecule has 3 N–H and O–H groups in total. The van der Waals surface area contributed by atoms with E-state index in [9.17, 15) is 9.59 Å². The SMILES string of the molecule is CN(CC(=O)Nc1ccccc1SCC(N)=O)Cc1cccc(Cl)c1Cl. The second-order valence-electron chi connectivity index (χ2n) is 5.68. The van der Waals surface area contributed by atoms with E-state index in [1.807, 2.05) is 42.3 Å². The summed E-state index contributed by atoms with van der Waals surface area (Å²) in [7, 11) is 1.82. The highest BCUT2D eigenvalue weighted by molar-refractivity contribution is 8.00.